The standard InChI is InChI=1S/C40H55BN6O11S2/c41-45-16-10-2-1-9-15-35(50)46-31(20-27-13-7-4-8-14-27)33(48)21-28(19-26-11-5-3-6-12-26)37(53)44-24-30(42)38(54)47-32(23-36(51)52)34(49)22-29(39(55)56)25-60-59-18-17-58-40(43)57/h3-8,11-14,28-32,45H,1-2,9-10,15-25,42H2,(H2,43,57)(H,44,53)(H,46,50)(H,47,54)(H,51,52)(H,55,56)/t28-,29+,30+,31+,32+/m1/s1. The lowest BCUT2D eigenvalue weighted by Crippen LogP contribution is -2.53. The molecule has 60 heavy (non-hydrogen) atoms. The Hall–Kier alpha value is -4.92. The van der Waals surface area contributed by atoms with E-state index < -0.39 is 85.0 Å². The summed E-state index contributed by atoms with van der Waals surface area (Å²) in [5.74, 6) is -7.77. The number of hydrogen-bond donors (Lipinski definition) is 8. The molecule has 0 spiro atoms. The SMILES string of the molecule is [B]NCCCCCCC(=O)N[C@@H](Cc1ccccc1)C(=O)C[C@@H](Cc1ccccc1)C(=O)NC[C@H](N)C(=O)N[C@@H](CC(=O)O)C(=O)C[C@@H](CSSCCOC(N)=O)C(=O)O. The summed E-state index contributed by atoms with van der Waals surface area (Å²) in [5.41, 5.74) is 12.6. The lowest BCUT2D eigenvalue weighted by Gasteiger charge is -2.23. The quantitative estimate of drug-likeness (QED) is 0.0295. The molecule has 0 aliphatic heterocycles. The fraction of sp³-hybridized carbons (Fsp3) is 0.500. The van der Waals surface area contributed by atoms with E-state index in [1.165, 1.54) is 10.8 Å². The fourth-order valence-electron chi connectivity index (χ4n) is 5.88. The molecule has 0 saturated carbocycles. The van der Waals surface area contributed by atoms with Crippen molar-refractivity contribution in [2.24, 2.45) is 23.3 Å². The van der Waals surface area contributed by atoms with Crippen LogP contribution >= 0.6 is 21.6 Å². The van der Waals surface area contributed by atoms with Crippen LogP contribution in [0.15, 0.2) is 60.7 Å². The number of hydrogen-bond acceptors (Lipinski definition) is 13. The minimum Gasteiger partial charge on any atom is -0.481 e. The van der Waals surface area contributed by atoms with Crippen LogP contribution in [0.4, 0.5) is 4.79 Å². The topological polar surface area (TPSA) is 286 Å². The smallest absolute Gasteiger partial charge is 0.404 e. The highest BCUT2D eigenvalue weighted by molar-refractivity contribution is 8.76. The zero-order valence-corrected chi connectivity index (χ0v) is 35.0. The van der Waals surface area contributed by atoms with Crippen LogP contribution in [-0.4, -0.2) is 115 Å². The number of Topliss-reactive ketones (excluding diaryl/α,β-unsaturated/α-hetero) is 2. The Balaban J connectivity index is 2.12. The van der Waals surface area contributed by atoms with Crippen LogP contribution in [-0.2, 0) is 51.1 Å². The Kier molecular flexibility index (Phi) is 25.0. The van der Waals surface area contributed by atoms with Gasteiger partial charge in [-0.3, -0.25) is 33.6 Å². The summed E-state index contributed by atoms with van der Waals surface area (Å²) in [6.07, 6.45) is 1.09. The van der Waals surface area contributed by atoms with Crippen LogP contribution in [0.2, 0.25) is 0 Å². The van der Waals surface area contributed by atoms with Gasteiger partial charge in [0, 0.05) is 43.2 Å². The van der Waals surface area contributed by atoms with E-state index in [-0.39, 0.29) is 49.7 Å². The van der Waals surface area contributed by atoms with Gasteiger partial charge in [0.1, 0.15) is 12.6 Å². The van der Waals surface area contributed by atoms with Gasteiger partial charge in [0.2, 0.25) is 17.7 Å². The van der Waals surface area contributed by atoms with Crippen molar-refractivity contribution < 1.29 is 53.3 Å². The second-order valence-electron chi connectivity index (χ2n) is 14.0. The molecule has 2 radical (unpaired) electrons. The highest BCUT2D eigenvalue weighted by Crippen LogP contribution is 2.26. The van der Waals surface area contributed by atoms with Gasteiger partial charge in [-0.05, 0) is 43.4 Å². The molecule has 0 aromatic heterocycles. The average molecular weight is 871 g/mol. The first kappa shape index (κ1) is 51.2. The number of nitrogens with one attached hydrogen (secondary N) is 4. The van der Waals surface area contributed by atoms with Gasteiger partial charge >= 0.3 is 18.0 Å². The number of unbranched alkanes of at least 4 members (excludes halogenated alkanes) is 3. The van der Waals surface area contributed by atoms with E-state index in [0.29, 0.717) is 18.7 Å². The summed E-state index contributed by atoms with van der Waals surface area (Å²) < 4.78 is 4.60. The summed E-state index contributed by atoms with van der Waals surface area (Å²) >= 11 is 0. The molecular formula is C40H55BN6O11S2. The summed E-state index contributed by atoms with van der Waals surface area (Å²) in [6, 6.07) is 14.1. The van der Waals surface area contributed by atoms with Crippen LogP contribution in [0, 0.1) is 11.8 Å². The van der Waals surface area contributed by atoms with Gasteiger partial charge in [0.25, 0.3) is 0 Å². The van der Waals surface area contributed by atoms with Gasteiger partial charge in [-0.2, -0.15) is 0 Å². The largest absolute Gasteiger partial charge is 0.481 e. The molecule has 326 valence electrons. The molecule has 10 N–H and O–H groups in total. The molecule has 0 fully saturated rings. The zero-order valence-electron chi connectivity index (χ0n) is 33.4. The van der Waals surface area contributed by atoms with Crippen molar-refractivity contribution in [2.75, 3.05) is 31.2 Å². The van der Waals surface area contributed by atoms with E-state index in [4.69, 9.17) is 19.4 Å². The lowest BCUT2D eigenvalue weighted by molar-refractivity contribution is -0.143. The maximum absolute atomic E-state index is 14.0. The third kappa shape index (κ3) is 21.9. The van der Waals surface area contributed by atoms with E-state index in [9.17, 15) is 48.6 Å². The van der Waals surface area contributed by atoms with Crippen LogP contribution in [0.1, 0.15) is 62.5 Å². The Bertz CT molecular complexity index is 1700. The van der Waals surface area contributed by atoms with E-state index in [2.05, 4.69) is 25.9 Å². The molecule has 2 aromatic rings. The number of rotatable bonds is 32. The molecule has 0 saturated heterocycles. The normalized spacial score (nSPS) is 13.4. The van der Waals surface area contributed by atoms with Crippen molar-refractivity contribution in [3.8, 4) is 0 Å². The van der Waals surface area contributed by atoms with E-state index in [0.717, 1.165) is 41.2 Å². The summed E-state index contributed by atoms with van der Waals surface area (Å²) in [7, 11) is 7.59. The van der Waals surface area contributed by atoms with Gasteiger partial charge in [-0.15, -0.1) is 0 Å². The molecule has 4 amide bonds. The Morgan fingerprint density at radius 2 is 1.32 bits per heavy atom. The maximum Gasteiger partial charge on any atom is 0.404 e. The maximum atomic E-state index is 14.0. The number of carboxylic acids is 2. The summed E-state index contributed by atoms with van der Waals surface area (Å²) in [4.78, 5) is 101. The number of benzene rings is 2. The average Bonchev–Trinajstić information content (AvgIpc) is 3.21. The summed E-state index contributed by atoms with van der Waals surface area (Å²) in [5, 5.41) is 29.5. The van der Waals surface area contributed by atoms with Gasteiger partial charge in [0.15, 0.2) is 19.5 Å². The number of primary amides is 1. The van der Waals surface area contributed by atoms with Crippen molar-refractivity contribution >= 4 is 76.9 Å². The van der Waals surface area contributed by atoms with Crippen molar-refractivity contribution in [3.63, 3.8) is 0 Å². The van der Waals surface area contributed by atoms with Crippen molar-refractivity contribution in [3.05, 3.63) is 71.8 Å². The monoisotopic (exact) mass is 870 g/mol. The predicted molar refractivity (Wildman–Crippen MR) is 229 cm³/mol. The Morgan fingerprint density at radius 3 is 1.92 bits per heavy atom. The van der Waals surface area contributed by atoms with Crippen LogP contribution in [0.25, 0.3) is 0 Å². The minimum absolute atomic E-state index is 0.00646. The zero-order chi connectivity index (χ0) is 44.3. The van der Waals surface area contributed by atoms with Crippen molar-refractivity contribution in [2.45, 2.75) is 82.3 Å². The second-order valence-corrected chi connectivity index (χ2v) is 16.6. The van der Waals surface area contributed by atoms with Crippen molar-refractivity contribution in [1.82, 2.24) is 21.2 Å². The van der Waals surface area contributed by atoms with Gasteiger partial charge in [0.05, 0.1) is 24.4 Å². The third-order valence-corrected chi connectivity index (χ3v) is 11.5. The summed E-state index contributed by atoms with van der Waals surface area (Å²) in [6.45, 7) is 0.213. The first-order chi connectivity index (χ1) is 28.7. The molecular weight excluding hydrogens is 815 g/mol. The second kappa shape index (κ2) is 29.3. The highest BCUT2D eigenvalue weighted by atomic mass is 33.1. The number of ether oxygens (including phenoxy) is 1. The van der Waals surface area contributed by atoms with E-state index >= 15 is 0 Å². The predicted octanol–water partition coefficient (Wildman–Crippen LogP) is 1.70. The molecule has 0 heterocycles. The van der Waals surface area contributed by atoms with E-state index in [1.807, 2.05) is 30.3 Å². The molecule has 2 aromatic carbocycles. The molecule has 20 heteroatoms. The number of carbonyl (C=O) groups excluding carboxylic acids is 6. The molecule has 0 bridgehead atoms. The van der Waals surface area contributed by atoms with Crippen LogP contribution in [0.5, 0.6) is 0 Å². The Labute approximate surface area is 358 Å². The number of carboxylic acid groups (broad SMARTS) is 2. The number of ketones is 2. The van der Waals surface area contributed by atoms with Gasteiger partial charge in [-0.25, -0.2) is 4.79 Å². The molecule has 0 aliphatic rings. The molecule has 5 atom stereocenters. The minimum atomic E-state index is -1.62. The van der Waals surface area contributed by atoms with Gasteiger partial charge in [-0.1, -0.05) is 95.1 Å². The Morgan fingerprint density at radius 1 is 0.717 bits per heavy atom. The fourth-order valence-corrected chi connectivity index (χ4v) is 8.01. The van der Waals surface area contributed by atoms with Crippen molar-refractivity contribution in [1.29, 1.82) is 0 Å². The highest BCUT2D eigenvalue weighted by Gasteiger charge is 2.32. The van der Waals surface area contributed by atoms with Gasteiger partial charge < -0.3 is 47.6 Å². The first-order valence-electron chi connectivity index (χ1n) is 19.5. The molecule has 0 unspecified atom stereocenters. The molecule has 0 aliphatic carbocycles. The number of amides is 4. The third-order valence-electron chi connectivity index (χ3n) is 9.10. The number of aliphatic carboxylic acids is 2. The first-order valence-corrected chi connectivity index (χ1v) is 22.0. The van der Waals surface area contributed by atoms with Crippen LogP contribution in [0.3, 0.4) is 0 Å². The number of carbonyl (C=O) groups is 8. The number of nitrogens with two attached hydrogens (primary N) is 2. The molecule has 2 rings (SSSR count). The van der Waals surface area contributed by atoms with Crippen LogP contribution < -0.4 is 32.6 Å². The molecule has 17 nitrogen and oxygen atoms in total. The lowest BCUT2D eigenvalue weighted by atomic mass is 9.89. The van der Waals surface area contributed by atoms with E-state index in [1.54, 1.807) is 30.3 Å².